The molecule has 1 amide bonds. The highest BCUT2D eigenvalue weighted by molar-refractivity contribution is 6.18. The van der Waals surface area contributed by atoms with Gasteiger partial charge in [0.05, 0.1) is 12.3 Å². The molecule has 29 heavy (non-hydrogen) atoms. The van der Waals surface area contributed by atoms with Crippen molar-refractivity contribution in [3.05, 3.63) is 23.8 Å². The van der Waals surface area contributed by atoms with Crippen LogP contribution in [0, 0.1) is 23.7 Å². The summed E-state index contributed by atoms with van der Waals surface area (Å²) in [5.74, 6) is 1.29. The van der Waals surface area contributed by atoms with Crippen LogP contribution in [0.5, 0.6) is 5.75 Å². The van der Waals surface area contributed by atoms with E-state index in [9.17, 15) is 9.59 Å². The zero-order valence-corrected chi connectivity index (χ0v) is 18.3. The van der Waals surface area contributed by atoms with Gasteiger partial charge in [-0.3, -0.25) is 9.59 Å². The molecule has 3 rings (SSSR count). The van der Waals surface area contributed by atoms with Gasteiger partial charge in [0.2, 0.25) is 5.91 Å². The molecule has 1 aromatic carbocycles. The molecule has 1 fully saturated rings. The van der Waals surface area contributed by atoms with E-state index in [1.807, 2.05) is 18.2 Å². The Morgan fingerprint density at radius 2 is 2.07 bits per heavy atom. The van der Waals surface area contributed by atoms with Gasteiger partial charge in [0, 0.05) is 25.1 Å². The molecule has 160 valence electrons. The van der Waals surface area contributed by atoms with Gasteiger partial charge < -0.3 is 15.4 Å². The molecular weight excluding hydrogens is 364 g/mol. The maximum absolute atomic E-state index is 13.7. The van der Waals surface area contributed by atoms with Gasteiger partial charge in [0.25, 0.3) is 0 Å². The number of hydrogen-bond donors (Lipinski definition) is 1. The lowest BCUT2D eigenvalue weighted by Gasteiger charge is -2.37. The standard InChI is InChI=1S/C24H36N2O3/c1-5-12-29-17-7-9-19-21(14-17)26(11-10-25)24(28)22(19)23(27)20-13-16(4)6-8-18(20)15(2)3/h7,9,14-16,18,20,22H,5-6,8,10-13,25H2,1-4H3/t16-,18+,20?,22?/m1/s1. The topological polar surface area (TPSA) is 72.6 Å². The van der Waals surface area contributed by atoms with Crippen molar-refractivity contribution < 1.29 is 14.3 Å². The van der Waals surface area contributed by atoms with E-state index in [0.29, 0.717) is 37.5 Å². The van der Waals surface area contributed by atoms with Crippen LogP contribution in [0.15, 0.2) is 18.2 Å². The van der Waals surface area contributed by atoms with E-state index in [4.69, 9.17) is 10.5 Å². The molecule has 0 saturated heterocycles. The Kier molecular flexibility index (Phi) is 6.99. The lowest BCUT2D eigenvalue weighted by atomic mass is 9.66. The van der Waals surface area contributed by atoms with E-state index in [1.165, 1.54) is 6.42 Å². The molecule has 0 bridgehead atoms. The number of benzene rings is 1. The summed E-state index contributed by atoms with van der Waals surface area (Å²) in [6.45, 7) is 10.1. The minimum atomic E-state index is -0.701. The second kappa shape index (κ2) is 9.29. The van der Waals surface area contributed by atoms with Crippen molar-refractivity contribution in [3.8, 4) is 5.75 Å². The molecule has 2 unspecified atom stereocenters. The maximum atomic E-state index is 13.7. The Morgan fingerprint density at radius 3 is 2.72 bits per heavy atom. The van der Waals surface area contributed by atoms with Crippen molar-refractivity contribution in [2.24, 2.45) is 29.4 Å². The van der Waals surface area contributed by atoms with Crippen LogP contribution < -0.4 is 15.4 Å². The summed E-state index contributed by atoms with van der Waals surface area (Å²) < 4.78 is 5.76. The number of carbonyl (C=O) groups is 2. The lowest BCUT2D eigenvalue weighted by molar-refractivity contribution is -0.133. The van der Waals surface area contributed by atoms with Gasteiger partial charge >= 0.3 is 0 Å². The van der Waals surface area contributed by atoms with Crippen LogP contribution >= 0.6 is 0 Å². The van der Waals surface area contributed by atoms with Crippen molar-refractivity contribution in [1.82, 2.24) is 0 Å². The van der Waals surface area contributed by atoms with Crippen molar-refractivity contribution in [3.63, 3.8) is 0 Å². The molecule has 0 radical (unpaired) electrons. The first-order valence-corrected chi connectivity index (χ1v) is 11.2. The molecule has 0 spiro atoms. The molecule has 0 aromatic heterocycles. The molecule has 1 aliphatic heterocycles. The van der Waals surface area contributed by atoms with Gasteiger partial charge in [0.15, 0.2) is 5.78 Å². The first kappa shape index (κ1) is 21.8. The van der Waals surface area contributed by atoms with Crippen LogP contribution in [0.3, 0.4) is 0 Å². The molecule has 5 heteroatoms. The van der Waals surface area contributed by atoms with Crippen LogP contribution in [0.4, 0.5) is 5.69 Å². The lowest BCUT2D eigenvalue weighted by Crippen LogP contribution is -2.40. The third-order valence-corrected chi connectivity index (χ3v) is 6.61. The summed E-state index contributed by atoms with van der Waals surface area (Å²) in [5, 5.41) is 0. The fourth-order valence-electron chi connectivity index (χ4n) is 5.10. The van der Waals surface area contributed by atoms with Gasteiger partial charge in [-0.05, 0) is 48.6 Å². The van der Waals surface area contributed by atoms with Crippen LogP contribution in [0.25, 0.3) is 0 Å². The van der Waals surface area contributed by atoms with Crippen molar-refractivity contribution in [1.29, 1.82) is 0 Å². The number of nitrogens with two attached hydrogens (primary N) is 1. The summed E-state index contributed by atoms with van der Waals surface area (Å²) in [4.78, 5) is 28.7. The summed E-state index contributed by atoms with van der Waals surface area (Å²) in [7, 11) is 0. The summed E-state index contributed by atoms with van der Waals surface area (Å²) in [5.41, 5.74) is 7.39. The van der Waals surface area contributed by atoms with Gasteiger partial charge in [-0.1, -0.05) is 40.2 Å². The van der Waals surface area contributed by atoms with Crippen LogP contribution in [-0.2, 0) is 9.59 Å². The number of carbonyl (C=O) groups excluding carboxylic acids is 2. The number of ether oxygens (including phenoxy) is 1. The van der Waals surface area contributed by atoms with E-state index in [2.05, 4.69) is 27.7 Å². The number of amides is 1. The van der Waals surface area contributed by atoms with Crippen molar-refractivity contribution in [2.75, 3.05) is 24.6 Å². The van der Waals surface area contributed by atoms with Crippen LogP contribution in [0.1, 0.15) is 64.9 Å². The highest BCUT2D eigenvalue weighted by Crippen LogP contribution is 2.46. The fourth-order valence-corrected chi connectivity index (χ4v) is 5.10. The second-order valence-electron chi connectivity index (χ2n) is 9.12. The number of nitrogens with zero attached hydrogens (tertiary/aromatic N) is 1. The summed E-state index contributed by atoms with van der Waals surface area (Å²) >= 11 is 0. The predicted octanol–water partition coefficient (Wildman–Crippen LogP) is 4.14. The van der Waals surface area contributed by atoms with E-state index in [-0.39, 0.29) is 17.6 Å². The number of anilines is 1. The Hall–Kier alpha value is -1.88. The van der Waals surface area contributed by atoms with Crippen LogP contribution in [-0.4, -0.2) is 31.4 Å². The second-order valence-corrected chi connectivity index (χ2v) is 9.12. The molecule has 2 aliphatic rings. The first-order chi connectivity index (χ1) is 13.9. The number of rotatable bonds is 8. The molecule has 1 aromatic rings. The largest absolute Gasteiger partial charge is 0.494 e. The number of ketones is 1. The van der Waals surface area contributed by atoms with E-state index < -0.39 is 5.92 Å². The zero-order chi connectivity index (χ0) is 21.1. The molecule has 1 aliphatic carbocycles. The predicted molar refractivity (Wildman–Crippen MR) is 116 cm³/mol. The van der Waals surface area contributed by atoms with Crippen molar-refractivity contribution >= 4 is 17.4 Å². The van der Waals surface area contributed by atoms with Gasteiger partial charge in [-0.25, -0.2) is 0 Å². The Morgan fingerprint density at radius 1 is 1.31 bits per heavy atom. The van der Waals surface area contributed by atoms with Gasteiger partial charge in [-0.2, -0.15) is 0 Å². The third kappa shape index (κ3) is 4.35. The Balaban J connectivity index is 1.95. The smallest absolute Gasteiger partial charge is 0.242 e. The first-order valence-electron chi connectivity index (χ1n) is 11.2. The molecule has 1 heterocycles. The quantitative estimate of drug-likeness (QED) is 0.666. The van der Waals surface area contributed by atoms with Gasteiger partial charge in [-0.15, -0.1) is 0 Å². The van der Waals surface area contributed by atoms with E-state index in [1.54, 1.807) is 4.90 Å². The number of Topliss-reactive ketones (excluding diaryl/α,β-unsaturated/α-hetero) is 1. The van der Waals surface area contributed by atoms with E-state index in [0.717, 1.165) is 36.3 Å². The highest BCUT2D eigenvalue weighted by Gasteiger charge is 2.46. The monoisotopic (exact) mass is 400 g/mol. The third-order valence-electron chi connectivity index (χ3n) is 6.61. The molecule has 1 saturated carbocycles. The van der Waals surface area contributed by atoms with Crippen molar-refractivity contribution in [2.45, 2.75) is 59.3 Å². The number of hydrogen-bond acceptors (Lipinski definition) is 4. The zero-order valence-electron chi connectivity index (χ0n) is 18.3. The molecule has 2 N–H and O–H groups in total. The Labute approximate surface area is 175 Å². The summed E-state index contributed by atoms with van der Waals surface area (Å²) in [6, 6.07) is 5.70. The molecular formula is C24H36N2O3. The minimum Gasteiger partial charge on any atom is -0.494 e. The average Bonchev–Trinajstić information content (AvgIpc) is 2.97. The maximum Gasteiger partial charge on any atom is 0.242 e. The van der Waals surface area contributed by atoms with E-state index >= 15 is 0 Å². The number of fused-ring (bicyclic) bond motifs is 1. The molecule has 4 atom stereocenters. The molecule has 5 nitrogen and oxygen atoms in total. The normalized spacial score (nSPS) is 26.7. The fraction of sp³-hybridized carbons (Fsp3) is 0.667. The van der Waals surface area contributed by atoms with Crippen LogP contribution in [0.2, 0.25) is 0 Å². The average molecular weight is 401 g/mol. The van der Waals surface area contributed by atoms with Gasteiger partial charge in [0.1, 0.15) is 11.7 Å². The SMILES string of the molecule is CCCOc1ccc2c(c1)N(CCN)C(=O)C2C(=O)C1C[C@H](C)CC[C@H]1C(C)C. The minimum absolute atomic E-state index is 0.0469. The highest BCUT2D eigenvalue weighted by atomic mass is 16.5. The summed E-state index contributed by atoms with van der Waals surface area (Å²) in [6.07, 6.45) is 4.04. The Bertz CT molecular complexity index is 746.